The number of carbonyl (C=O) groups excluding carboxylic acids is 2. The second-order valence-electron chi connectivity index (χ2n) is 6.79. The molecule has 2 aromatic carbocycles. The van der Waals surface area contributed by atoms with Crippen LogP contribution in [0.1, 0.15) is 0 Å². The largest absolute Gasteiger partial charge is 0.323 e. The summed E-state index contributed by atoms with van der Waals surface area (Å²) in [5.41, 5.74) is 2.27. The predicted molar refractivity (Wildman–Crippen MR) is 123 cm³/mol. The lowest BCUT2D eigenvalue weighted by atomic mass is 10.2. The average Bonchev–Trinajstić information content (AvgIpc) is 3.47. The lowest BCUT2D eigenvalue weighted by molar-refractivity contribution is -0.120. The molecule has 2 amide bonds. The molecule has 1 N–H and O–H groups in total. The summed E-state index contributed by atoms with van der Waals surface area (Å²) < 4.78 is 1.96. The first kappa shape index (κ1) is 19.5. The first-order valence-electron chi connectivity index (χ1n) is 9.57. The molecule has 1 aliphatic rings. The van der Waals surface area contributed by atoms with Crippen molar-refractivity contribution in [1.82, 2.24) is 14.8 Å². The van der Waals surface area contributed by atoms with Gasteiger partial charge in [-0.15, -0.1) is 21.5 Å². The monoisotopic (exact) mass is 447 g/mol. The van der Waals surface area contributed by atoms with Crippen molar-refractivity contribution in [3.8, 4) is 16.4 Å². The van der Waals surface area contributed by atoms with E-state index in [0.717, 1.165) is 16.4 Å². The van der Waals surface area contributed by atoms with E-state index < -0.39 is 0 Å². The SMILES string of the molecule is O=C1CN(C(=O)CSc2nnc(-c3cccs3)n2-c2ccccc2)c2ccccc2N1. The third kappa shape index (κ3) is 3.85. The van der Waals surface area contributed by atoms with Gasteiger partial charge in [-0.1, -0.05) is 48.2 Å². The fourth-order valence-electron chi connectivity index (χ4n) is 3.40. The van der Waals surface area contributed by atoms with Crippen molar-refractivity contribution in [1.29, 1.82) is 0 Å². The van der Waals surface area contributed by atoms with Gasteiger partial charge >= 0.3 is 0 Å². The minimum absolute atomic E-state index is 0.00221. The van der Waals surface area contributed by atoms with Crippen molar-refractivity contribution in [2.75, 3.05) is 22.5 Å². The van der Waals surface area contributed by atoms with Gasteiger partial charge in [-0.2, -0.15) is 0 Å². The highest BCUT2D eigenvalue weighted by molar-refractivity contribution is 7.99. The zero-order chi connectivity index (χ0) is 21.2. The van der Waals surface area contributed by atoms with Crippen LogP contribution in [0.25, 0.3) is 16.4 Å². The number of nitrogens with zero attached hydrogens (tertiary/aromatic N) is 4. The second-order valence-corrected chi connectivity index (χ2v) is 8.68. The topological polar surface area (TPSA) is 80.1 Å². The standard InChI is InChI=1S/C22H17N5O2S2/c28-19-13-26(17-10-5-4-9-16(17)23-19)20(29)14-31-22-25-24-21(18-11-6-12-30-18)27(22)15-7-2-1-3-8-15/h1-12H,13-14H2,(H,23,28). The van der Waals surface area contributed by atoms with Crippen LogP contribution in [0.2, 0.25) is 0 Å². The Balaban J connectivity index is 1.43. The van der Waals surface area contributed by atoms with Gasteiger partial charge in [0.25, 0.3) is 0 Å². The molecule has 0 aliphatic carbocycles. The zero-order valence-corrected chi connectivity index (χ0v) is 17.9. The molecule has 154 valence electrons. The van der Waals surface area contributed by atoms with Crippen molar-refractivity contribution < 1.29 is 9.59 Å². The molecule has 0 saturated carbocycles. The van der Waals surface area contributed by atoms with E-state index in [0.29, 0.717) is 16.5 Å². The van der Waals surface area contributed by atoms with E-state index in [1.54, 1.807) is 17.4 Å². The molecule has 0 saturated heterocycles. The number of benzene rings is 2. The van der Waals surface area contributed by atoms with Gasteiger partial charge in [0.1, 0.15) is 6.54 Å². The highest BCUT2D eigenvalue weighted by Gasteiger charge is 2.27. The van der Waals surface area contributed by atoms with Gasteiger partial charge in [-0.05, 0) is 35.7 Å². The minimum atomic E-state index is -0.204. The molecule has 3 heterocycles. The van der Waals surface area contributed by atoms with Gasteiger partial charge in [-0.3, -0.25) is 14.2 Å². The number of fused-ring (bicyclic) bond motifs is 1. The normalized spacial score (nSPS) is 13.0. The summed E-state index contributed by atoms with van der Waals surface area (Å²) in [5.74, 6) is 0.507. The molecule has 0 unspecified atom stereocenters. The number of amides is 2. The van der Waals surface area contributed by atoms with E-state index in [2.05, 4.69) is 15.5 Å². The van der Waals surface area contributed by atoms with Crippen LogP contribution in [-0.2, 0) is 9.59 Å². The Bertz CT molecular complexity index is 1240. The van der Waals surface area contributed by atoms with Gasteiger partial charge in [0.05, 0.1) is 22.0 Å². The molecule has 0 radical (unpaired) electrons. The zero-order valence-electron chi connectivity index (χ0n) is 16.3. The molecule has 5 rings (SSSR count). The van der Waals surface area contributed by atoms with E-state index in [-0.39, 0.29) is 24.1 Å². The van der Waals surface area contributed by atoms with Crippen molar-refractivity contribution in [2.45, 2.75) is 5.16 Å². The lowest BCUT2D eigenvalue weighted by Gasteiger charge is -2.29. The van der Waals surface area contributed by atoms with Crippen LogP contribution in [-0.4, -0.2) is 38.9 Å². The summed E-state index contributed by atoms with van der Waals surface area (Å²) in [7, 11) is 0. The fraction of sp³-hybridized carbons (Fsp3) is 0.0909. The Labute approximate surface area is 186 Å². The maximum atomic E-state index is 13.0. The number of hydrogen-bond donors (Lipinski definition) is 1. The first-order chi connectivity index (χ1) is 15.2. The molecule has 9 heteroatoms. The second kappa shape index (κ2) is 8.37. The van der Waals surface area contributed by atoms with Crippen LogP contribution in [0.3, 0.4) is 0 Å². The summed E-state index contributed by atoms with van der Waals surface area (Å²) in [6, 6.07) is 21.1. The number of para-hydroxylation sites is 3. The summed E-state index contributed by atoms with van der Waals surface area (Å²) in [5, 5.41) is 14.2. The molecule has 0 bridgehead atoms. The molecular formula is C22H17N5O2S2. The van der Waals surface area contributed by atoms with Gasteiger partial charge in [0, 0.05) is 5.69 Å². The van der Waals surface area contributed by atoms with Crippen LogP contribution < -0.4 is 10.2 Å². The average molecular weight is 448 g/mol. The number of anilines is 2. The predicted octanol–water partition coefficient (Wildman–Crippen LogP) is 4.07. The quantitative estimate of drug-likeness (QED) is 0.467. The maximum absolute atomic E-state index is 13.0. The number of nitrogens with one attached hydrogen (secondary N) is 1. The Morgan fingerprint density at radius 2 is 1.84 bits per heavy atom. The fourth-order valence-corrected chi connectivity index (χ4v) is 4.92. The van der Waals surface area contributed by atoms with Crippen molar-refractivity contribution in [3.63, 3.8) is 0 Å². The Morgan fingerprint density at radius 1 is 1.03 bits per heavy atom. The summed E-state index contributed by atoms with van der Waals surface area (Å²) in [6.07, 6.45) is 0. The van der Waals surface area contributed by atoms with Crippen LogP contribution >= 0.6 is 23.1 Å². The van der Waals surface area contributed by atoms with Crippen molar-refractivity contribution in [2.24, 2.45) is 0 Å². The third-order valence-electron chi connectivity index (χ3n) is 4.79. The summed E-state index contributed by atoms with van der Waals surface area (Å²) >= 11 is 2.89. The Hall–Kier alpha value is -3.43. The van der Waals surface area contributed by atoms with E-state index in [1.165, 1.54) is 16.7 Å². The smallest absolute Gasteiger partial charge is 0.244 e. The van der Waals surface area contributed by atoms with Crippen LogP contribution in [0.5, 0.6) is 0 Å². The first-order valence-corrected chi connectivity index (χ1v) is 11.4. The summed E-state index contributed by atoms with van der Waals surface area (Å²) in [4.78, 5) is 27.6. The van der Waals surface area contributed by atoms with Gasteiger partial charge in [0.2, 0.25) is 11.8 Å². The number of thioether (sulfide) groups is 1. The lowest BCUT2D eigenvalue weighted by Crippen LogP contribution is -2.43. The van der Waals surface area contributed by atoms with Crippen molar-refractivity contribution >= 4 is 46.3 Å². The molecule has 2 aromatic heterocycles. The van der Waals surface area contributed by atoms with Gasteiger partial charge in [-0.25, -0.2) is 0 Å². The van der Waals surface area contributed by atoms with Crippen LogP contribution in [0, 0.1) is 0 Å². The third-order valence-corrected chi connectivity index (χ3v) is 6.57. The molecule has 0 spiro atoms. The minimum Gasteiger partial charge on any atom is -0.323 e. The highest BCUT2D eigenvalue weighted by Crippen LogP contribution is 2.32. The van der Waals surface area contributed by atoms with E-state index in [4.69, 9.17) is 0 Å². The van der Waals surface area contributed by atoms with Crippen LogP contribution in [0.15, 0.2) is 77.3 Å². The molecule has 0 fully saturated rings. The van der Waals surface area contributed by atoms with Gasteiger partial charge < -0.3 is 10.2 Å². The number of aromatic nitrogens is 3. The van der Waals surface area contributed by atoms with Crippen LogP contribution in [0.4, 0.5) is 11.4 Å². The molecule has 7 nitrogen and oxygen atoms in total. The van der Waals surface area contributed by atoms with Crippen molar-refractivity contribution in [3.05, 3.63) is 72.1 Å². The maximum Gasteiger partial charge on any atom is 0.244 e. The molecule has 31 heavy (non-hydrogen) atoms. The molecule has 0 atom stereocenters. The van der Waals surface area contributed by atoms with E-state index >= 15 is 0 Å². The molecule has 1 aliphatic heterocycles. The Morgan fingerprint density at radius 3 is 2.65 bits per heavy atom. The number of thiophene rings is 1. The van der Waals surface area contributed by atoms with E-state index in [1.807, 2.05) is 70.6 Å². The Kier molecular flexibility index (Phi) is 5.27. The number of carbonyl (C=O) groups is 2. The molecular weight excluding hydrogens is 430 g/mol. The molecule has 4 aromatic rings. The van der Waals surface area contributed by atoms with Gasteiger partial charge in [0.15, 0.2) is 11.0 Å². The number of rotatable bonds is 5. The highest BCUT2D eigenvalue weighted by atomic mass is 32.2. The van der Waals surface area contributed by atoms with E-state index in [9.17, 15) is 9.59 Å². The number of hydrogen-bond acceptors (Lipinski definition) is 6. The summed E-state index contributed by atoms with van der Waals surface area (Å²) in [6.45, 7) is 0.00221.